The van der Waals surface area contributed by atoms with Crippen molar-refractivity contribution in [3.63, 3.8) is 0 Å². The molecule has 12 heavy (non-hydrogen) atoms. The van der Waals surface area contributed by atoms with Crippen molar-refractivity contribution in [2.24, 2.45) is 0 Å². The van der Waals surface area contributed by atoms with Crippen LogP contribution in [0.1, 0.15) is 20.8 Å². The van der Waals surface area contributed by atoms with Crippen LogP contribution in [0.2, 0.25) is 0 Å². The van der Waals surface area contributed by atoms with E-state index in [9.17, 15) is 5.11 Å². The first-order valence-corrected chi connectivity index (χ1v) is 4.19. The lowest BCUT2D eigenvalue weighted by Crippen LogP contribution is -2.29. The van der Waals surface area contributed by atoms with Gasteiger partial charge in [0.1, 0.15) is 12.2 Å². The van der Waals surface area contributed by atoms with Crippen LogP contribution in [0, 0.1) is 0 Å². The van der Waals surface area contributed by atoms with Gasteiger partial charge in [-0.2, -0.15) is 0 Å². The average Bonchev–Trinajstić information content (AvgIpc) is 2.34. The molecule has 2 rings (SSSR count). The monoisotopic (exact) mass is 174 g/mol. The topological polar surface area (TPSA) is 47.9 Å². The van der Waals surface area contributed by atoms with Gasteiger partial charge in [0.2, 0.25) is 0 Å². The molecular weight excluding hydrogens is 160 g/mol. The molecule has 2 aliphatic heterocycles. The van der Waals surface area contributed by atoms with Crippen LogP contribution in [0.5, 0.6) is 0 Å². The minimum Gasteiger partial charge on any atom is -0.366 e. The van der Waals surface area contributed by atoms with Crippen LogP contribution in [0.15, 0.2) is 0 Å². The van der Waals surface area contributed by atoms with Crippen molar-refractivity contribution in [2.75, 3.05) is 0 Å². The zero-order valence-electron chi connectivity index (χ0n) is 7.48. The molecule has 1 N–H and O–H groups in total. The molecule has 0 spiro atoms. The lowest BCUT2D eigenvalue weighted by Gasteiger charge is -2.20. The van der Waals surface area contributed by atoms with E-state index in [2.05, 4.69) is 0 Å². The molecule has 2 fully saturated rings. The molecule has 0 radical (unpaired) electrons. The van der Waals surface area contributed by atoms with E-state index >= 15 is 0 Å². The fourth-order valence-electron chi connectivity index (χ4n) is 1.78. The molecule has 2 saturated heterocycles. The highest BCUT2D eigenvalue weighted by molar-refractivity contribution is 4.92. The van der Waals surface area contributed by atoms with Crippen LogP contribution in [0.25, 0.3) is 0 Å². The molecule has 4 nitrogen and oxygen atoms in total. The van der Waals surface area contributed by atoms with Gasteiger partial charge in [-0.3, -0.25) is 0 Å². The standard InChI is InChI=1S/C8H14O4/c1-4-5-6(7(9)10-4)12-8(2,3)11-5/h4-7,9H,1-3H3/t4-,5-,6-,7-/m0/s1. The van der Waals surface area contributed by atoms with Gasteiger partial charge >= 0.3 is 0 Å². The maximum atomic E-state index is 9.37. The summed E-state index contributed by atoms with van der Waals surface area (Å²) in [5, 5.41) is 9.37. The van der Waals surface area contributed by atoms with Gasteiger partial charge < -0.3 is 19.3 Å². The molecule has 0 amide bonds. The lowest BCUT2D eigenvalue weighted by molar-refractivity contribution is -0.217. The number of hydrogen-bond donors (Lipinski definition) is 1. The third-order valence-corrected chi connectivity index (χ3v) is 2.26. The maximum Gasteiger partial charge on any atom is 0.184 e. The van der Waals surface area contributed by atoms with Crippen LogP contribution in [-0.4, -0.2) is 35.5 Å². The summed E-state index contributed by atoms with van der Waals surface area (Å²) in [5.41, 5.74) is 0. The summed E-state index contributed by atoms with van der Waals surface area (Å²) in [6.07, 6.45) is -1.39. The molecule has 0 aliphatic carbocycles. The van der Waals surface area contributed by atoms with Gasteiger partial charge in [0, 0.05) is 0 Å². The Morgan fingerprint density at radius 3 is 2.33 bits per heavy atom. The summed E-state index contributed by atoms with van der Waals surface area (Å²) in [5.74, 6) is -0.589. The van der Waals surface area contributed by atoms with E-state index in [0.29, 0.717) is 0 Å². The molecule has 2 aliphatic rings. The summed E-state index contributed by atoms with van der Waals surface area (Å²) < 4.78 is 16.1. The molecule has 0 saturated carbocycles. The van der Waals surface area contributed by atoms with E-state index in [1.807, 2.05) is 20.8 Å². The molecule has 4 atom stereocenters. The third kappa shape index (κ3) is 1.15. The SMILES string of the molecule is C[C@@H]1O[C@H](O)[C@H]2OC(C)(C)O[C@H]21. The molecule has 2 heterocycles. The van der Waals surface area contributed by atoms with E-state index in [4.69, 9.17) is 14.2 Å². The summed E-state index contributed by atoms with van der Waals surface area (Å²) in [6, 6.07) is 0. The van der Waals surface area contributed by atoms with E-state index in [-0.39, 0.29) is 18.3 Å². The Bertz CT molecular complexity index is 173. The van der Waals surface area contributed by atoms with E-state index in [1.54, 1.807) is 0 Å². The number of aliphatic hydroxyl groups is 1. The normalized spacial score (nSPS) is 51.0. The summed E-state index contributed by atoms with van der Waals surface area (Å²) >= 11 is 0. The van der Waals surface area contributed by atoms with Crippen molar-refractivity contribution in [1.29, 1.82) is 0 Å². The zero-order chi connectivity index (χ0) is 8.93. The zero-order valence-corrected chi connectivity index (χ0v) is 7.48. The summed E-state index contributed by atoms with van der Waals surface area (Å²) in [6.45, 7) is 5.55. The van der Waals surface area contributed by atoms with Gasteiger partial charge in [0.05, 0.1) is 6.10 Å². The highest BCUT2D eigenvalue weighted by atomic mass is 16.8. The van der Waals surface area contributed by atoms with Gasteiger partial charge in [-0.05, 0) is 20.8 Å². The Morgan fingerprint density at radius 2 is 1.75 bits per heavy atom. The average molecular weight is 174 g/mol. The van der Waals surface area contributed by atoms with Gasteiger partial charge in [-0.25, -0.2) is 0 Å². The number of aliphatic hydroxyl groups excluding tert-OH is 1. The summed E-state index contributed by atoms with van der Waals surface area (Å²) in [7, 11) is 0. The quantitative estimate of drug-likeness (QED) is 0.571. The first kappa shape index (κ1) is 8.44. The molecule has 0 aromatic carbocycles. The first-order chi connectivity index (χ1) is 5.49. The largest absolute Gasteiger partial charge is 0.366 e. The minimum atomic E-state index is -0.841. The molecule has 0 aromatic rings. The molecule has 0 unspecified atom stereocenters. The van der Waals surface area contributed by atoms with Crippen molar-refractivity contribution in [3.8, 4) is 0 Å². The van der Waals surface area contributed by atoms with Crippen LogP contribution in [-0.2, 0) is 14.2 Å². The highest BCUT2D eigenvalue weighted by Gasteiger charge is 2.53. The van der Waals surface area contributed by atoms with E-state index in [0.717, 1.165) is 0 Å². The Kier molecular flexibility index (Phi) is 1.70. The second-order valence-corrected chi connectivity index (χ2v) is 3.80. The molecular formula is C8H14O4. The molecule has 70 valence electrons. The molecule has 0 aromatic heterocycles. The van der Waals surface area contributed by atoms with Crippen molar-refractivity contribution in [2.45, 2.75) is 51.2 Å². The predicted octanol–water partition coefficient (Wildman–Crippen LogP) is 0.244. The number of fused-ring (bicyclic) bond motifs is 1. The first-order valence-electron chi connectivity index (χ1n) is 4.19. The lowest BCUT2D eigenvalue weighted by atomic mass is 10.2. The fourth-order valence-corrected chi connectivity index (χ4v) is 1.78. The predicted molar refractivity (Wildman–Crippen MR) is 40.4 cm³/mol. The van der Waals surface area contributed by atoms with Crippen LogP contribution >= 0.6 is 0 Å². The van der Waals surface area contributed by atoms with Crippen LogP contribution < -0.4 is 0 Å². The Labute approximate surface area is 71.4 Å². The fraction of sp³-hybridized carbons (Fsp3) is 1.00. The van der Waals surface area contributed by atoms with Gasteiger partial charge in [0.25, 0.3) is 0 Å². The van der Waals surface area contributed by atoms with Crippen molar-refractivity contribution in [3.05, 3.63) is 0 Å². The van der Waals surface area contributed by atoms with Gasteiger partial charge in [-0.1, -0.05) is 0 Å². The molecule has 0 bridgehead atoms. The minimum absolute atomic E-state index is 0.0909. The van der Waals surface area contributed by atoms with Crippen molar-refractivity contribution in [1.82, 2.24) is 0 Å². The highest BCUT2D eigenvalue weighted by Crippen LogP contribution is 2.37. The van der Waals surface area contributed by atoms with E-state index < -0.39 is 12.1 Å². The summed E-state index contributed by atoms with van der Waals surface area (Å²) in [4.78, 5) is 0. The van der Waals surface area contributed by atoms with Gasteiger partial charge in [0.15, 0.2) is 12.1 Å². The number of hydrogen-bond acceptors (Lipinski definition) is 4. The Hall–Kier alpha value is -0.160. The van der Waals surface area contributed by atoms with E-state index in [1.165, 1.54) is 0 Å². The van der Waals surface area contributed by atoms with Crippen LogP contribution in [0.4, 0.5) is 0 Å². The Morgan fingerprint density at radius 1 is 1.17 bits per heavy atom. The van der Waals surface area contributed by atoms with Crippen molar-refractivity contribution >= 4 is 0 Å². The second-order valence-electron chi connectivity index (χ2n) is 3.80. The third-order valence-electron chi connectivity index (χ3n) is 2.26. The van der Waals surface area contributed by atoms with Gasteiger partial charge in [-0.15, -0.1) is 0 Å². The number of ether oxygens (including phenoxy) is 3. The van der Waals surface area contributed by atoms with Crippen LogP contribution in [0.3, 0.4) is 0 Å². The maximum absolute atomic E-state index is 9.37. The smallest absolute Gasteiger partial charge is 0.184 e. The number of rotatable bonds is 0. The van der Waals surface area contributed by atoms with Crippen molar-refractivity contribution < 1.29 is 19.3 Å². The second kappa shape index (κ2) is 2.42. The molecule has 4 heteroatoms. The Balaban J connectivity index is 2.15.